The van der Waals surface area contributed by atoms with Crippen LogP contribution < -0.4 is 9.64 Å². The molecule has 0 aliphatic carbocycles. The molecule has 1 aliphatic rings. The van der Waals surface area contributed by atoms with Crippen molar-refractivity contribution < 1.29 is 14.3 Å². The van der Waals surface area contributed by atoms with Gasteiger partial charge < -0.3 is 14.5 Å². The van der Waals surface area contributed by atoms with Gasteiger partial charge in [-0.2, -0.15) is 5.26 Å². The van der Waals surface area contributed by atoms with Crippen molar-refractivity contribution >= 4 is 17.6 Å². The van der Waals surface area contributed by atoms with Gasteiger partial charge >= 0.3 is 5.97 Å². The van der Waals surface area contributed by atoms with Gasteiger partial charge in [-0.05, 0) is 48.5 Å². The van der Waals surface area contributed by atoms with Gasteiger partial charge in [0.05, 0.1) is 17.2 Å². The third-order valence-corrected chi connectivity index (χ3v) is 4.39. The van der Waals surface area contributed by atoms with Crippen LogP contribution in [0.3, 0.4) is 0 Å². The molecular formula is C20H19N3O3. The first-order chi connectivity index (χ1) is 12.6. The number of nitriles is 1. The van der Waals surface area contributed by atoms with E-state index in [1.54, 1.807) is 43.3 Å². The molecule has 2 aromatic carbocycles. The molecule has 0 atom stereocenters. The van der Waals surface area contributed by atoms with Gasteiger partial charge in [0.25, 0.3) is 0 Å². The van der Waals surface area contributed by atoms with Crippen molar-refractivity contribution in [3.63, 3.8) is 0 Å². The Labute approximate surface area is 152 Å². The van der Waals surface area contributed by atoms with E-state index in [1.165, 1.54) is 0 Å². The van der Waals surface area contributed by atoms with Crippen LogP contribution >= 0.6 is 0 Å². The second-order valence-electron chi connectivity index (χ2n) is 6.07. The highest BCUT2D eigenvalue weighted by atomic mass is 16.5. The second kappa shape index (κ2) is 7.70. The average Bonchev–Trinajstić information content (AvgIpc) is 2.68. The summed E-state index contributed by atoms with van der Waals surface area (Å²) < 4.78 is 5.37. The van der Waals surface area contributed by atoms with Crippen molar-refractivity contribution in [3.8, 4) is 11.8 Å². The van der Waals surface area contributed by atoms with Gasteiger partial charge in [-0.1, -0.05) is 0 Å². The Bertz CT molecular complexity index is 830. The zero-order valence-corrected chi connectivity index (χ0v) is 14.5. The molecule has 6 heteroatoms. The van der Waals surface area contributed by atoms with Gasteiger partial charge in [-0.3, -0.25) is 4.79 Å². The quantitative estimate of drug-likeness (QED) is 0.629. The fourth-order valence-electron chi connectivity index (χ4n) is 2.85. The lowest BCUT2D eigenvalue weighted by Crippen LogP contribution is -2.48. The molecule has 0 bridgehead atoms. The van der Waals surface area contributed by atoms with Crippen molar-refractivity contribution in [2.24, 2.45) is 0 Å². The lowest BCUT2D eigenvalue weighted by Gasteiger charge is -2.35. The zero-order valence-electron chi connectivity index (χ0n) is 14.5. The lowest BCUT2D eigenvalue weighted by molar-refractivity contribution is -0.129. The first-order valence-electron chi connectivity index (χ1n) is 8.39. The van der Waals surface area contributed by atoms with E-state index in [0.717, 1.165) is 18.8 Å². The summed E-state index contributed by atoms with van der Waals surface area (Å²) in [5.74, 6) is 0.109. The molecule has 0 aromatic heterocycles. The fourth-order valence-corrected chi connectivity index (χ4v) is 2.85. The summed E-state index contributed by atoms with van der Waals surface area (Å²) in [6.45, 7) is 4.58. The minimum atomic E-state index is -0.461. The molecule has 0 unspecified atom stereocenters. The number of anilines is 1. The SMILES string of the molecule is CC(=O)N1CCN(c2ccc(OC(=O)c3ccc(C#N)cc3)cc2)CC1. The number of hydrogen-bond acceptors (Lipinski definition) is 5. The third-order valence-electron chi connectivity index (χ3n) is 4.39. The summed E-state index contributed by atoms with van der Waals surface area (Å²) >= 11 is 0. The lowest BCUT2D eigenvalue weighted by atomic mass is 10.1. The number of hydrogen-bond donors (Lipinski definition) is 0. The maximum atomic E-state index is 12.1. The van der Waals surface area contributed by atoms with E-state index in [4.69, 9.17) is 10.00 Å². The molecule has 6 nitrogen and oxygen atoms in total. The number of esters is 1. The Hall–Kier alpha value is -3.33. The van der Waals surface area contributed by atoms with Crippen molar-refractivity contribution in [1.29, 1.82) is 5.26 Å². The summed E-state index contributed by atoms with van der Waals surface area (Å²) in [5.41, 5.74) is 1.93. The van der Waals surface area contributed by atoms with Crippen LogP contribution in [-0.2, 0) is 4.79 Å². The van der Waals surface area contributed by atoms with E-state index in [1.807, 2.05) is 23.1 Å². The highest BCUT2D eigenvalue weighted by molar-refractivity contribution is 5.91. The number of rotatable bonds is 3. The van der Waals surface area contributed by atoms with Crippen LogP contribution in [0.4, 0.5) is 5.69 Å². The second-order valence-corrected chi connectivity index (χ2v) is 6.07. The smallest absolute Gasteiger partial charge is 0.343 e. The molecule has 1 aliphatic heterocycles. The summed E-state index contributed by atoms with van der Waals surface area (Å²) in [6.07, 6.45) is 0. The van der Waals surface area contributed by atoms with Crippen LogP contribution in [0.25, 0.3) is 0 Å². The highest BCUT2D eigenvalue weighted by Gasteiger charge is 2.18. The van der Waals surface area contributed by atoms with Gasteiger partial charge in [0.15, 0.2) is 0 Å². The average molecular weight is 349 g/mol. The number of carbonyl (C=O) groups excluding carboxylic acids is 2. The van der Waals surface area contributed by atoms with Gasteiger partial charge in [0.2, 0.25) is 5.91 Å². The maximum absolute atomic E-state index is 12.1. The third kappa shape index (κ3) is 4.01. The fraction of sp³-hybridized carbons (Fsp3) is 0.250. The maximum Gasteiger partial charge on any atom is 0.343 e. The molecular weight excluding hydrogens is 330 g/mol. The van der Waals surface area contributed by atoms with E-state index >= 15 is 0 Å². The molecule has 2 aromatic rings. The van der Waals surface area contributed by atoms with Crippen LogP contribution in [0.2, 0.25) is 0 Å². The number of amides is 1. The Balaban J connectivity index is 1.60. The molecule has 0 N–H and O–H groups in total. The van der Waals surface area contributed by atoms with Gasteiger partial charge in [-0.25, -0.2) is 4.79 Å². The predicted octanol–water partition coefficient (Wildman–Crippen LogP) is 2.45. The van der Waals surface area contributed by atoms with Crippen LogP contribution in [0.5, 0.6) is 5.75 Å². The molecule has 1 amide bonds. The minimum Gasteiger partial charge on any atom is -0.423 e. The van der Waals surface area contributed by atoms with Gasteiger partial charge in [0, 0.05) is 38.8 Å². The molecule has 0 spiro atoms. The van der Waals surface area contributed by atoms with E-state index in [9.17, 15) is 9.59 Å². The van der Waals surface area contributed by atoms with Gasteiger partial charge in [-0.15, -0.1) is 0 Å². The molecule has 0 saturated carbocycles. The minimum absolute atomic E-state index is 0.106. The first-order valence-corrected chi connectivity index (χ1v) is 8.39. The number of nitrogens with zero attached hydrogens (tertiary/aromatic N) is 3. The highest BCUT2D eigenvalue weighted by Crippen LogP contribution is 2.21. The Morgan fingerprint density at radius 2 is 1.58 bits per heavy atom. The molecule has 1 fully saturated rings. The number of piperazine rings is 1. The summed E-state index contributed by atoms with van der Waals surface area (Å²) in [7, 11) is 0. The normalized spacial score (nSPS) is 13.8. The molecule has 1 heterocycles. The van der Waals surface area contributed by atoms with Crippen LogP contribution in [0.1, 0.15) is 22.8 Å². The number of benzene rings is 2. The molecule has 132 valence electrons. The Kier molecular flexibility index (Phi) is 5.18. The summed E-state index contributed by atoms with van der Waals surface area (Å²) in [6, 6.07) is 15.7. The first kappa shape index (κ1) is 17.5. The monoisotopic (exact) mass is 349 g/mol. The van der Waals surface area contributed by atoms with Gasteiger partial charge in [0.1, 0.15) is 5.75 Å². The summed E-state index contributed by atoms with van der Waals surface area (Å²) in [4.78, 5) is 27.6. The number of carbonyl (C=O) groups is 2. The topological polar surface area (TPSA) is 73.6 Å². The van der Waals surface area contributed by atoms with E-state index < -0.39 is 5.97 Å². The Morgan fingerprint density at radius 1 is 0.962 bits per heavy atom. The molecule has 1 saturated heterocycles. The van der Waals surface area contributed by atoms with E-state index in [0.29, 0.717) is 30.0 Å². The zero-order chi connectivity index (χ0) is 18.5. The number of ether oxygens (including phenoxy) is 1. The standard InChI is InChI=1S/C20H19N3O3/c1-15(24)22-10-12-23(13-11-22)18-6-8-19(9-7-18)26-20(25)17-4-2-16(14-21)3-5-17/h2-9H,10-13H2,1H3. The van der Waals surface area contributed by atoms with E-state index in [-0.39, 0.29) is 5.91 Å². The van der Waals surface area contributed by atoms with Crippen LogP contribution in [0, 0.1) is 11.3 Å². The van der Waals surface area contributed by atoms with E-state index in [2.05, 4.69) is 4.90 Å². The molecule has 0 radical (unpaired) electrons. The predicted molar refractivity (Wildman–Crippen MR) is 97.0 cm³/mol. The Morgan fingerprint density at radius 3 is 2.12 bits per heavy atom. The van der Waals surface area contributed by atoms with Crippen molar-refractivity contribution in [3.05, 3.63) is 59.7 Å². The van der Waals surface area contributed by atoms with Crippen LogP contribution in [0.15, 0.2) is 48.5 Å². The largest absolute Gasteiger partial charge is 0.423 e. The van der Waals surface area contributed by atoms with Crippen molar-refractivity contribution in [1.82, 2.24) is 4.90 Å². The van der Waals surface area contributed by atoms with Crippen molar-refractivity contribution in [2.75, 3.05) is 31.1 Å². The summed E-state index contributed by atoms with van der Waals surface area (Å²) in [5, 5.41) is 8.79. The molecule has 3 rings (SSSR count). The molecule has 26 heavy (non-hydrogen) atoms. The van der Waals surface area contributed by atoms with Crippen LogP contribution in [-0.4, -0.2) is 43.0 Å². The van der Waals surface area contributed by atoms with Crippen molar-refractivity contribution in [2.45, 2.75) is 6.92 Å².